The summed E-state index contributed by atoms with van der Waals surface area (Å²) < 4.78 is 7.00. The van der Waals surface area contributed by atoms with Crippen molar-refractivity contribution in [2.75, 3.05) is 39.8 Å². The van der Waals surface area contributed by atoms with Gasteiger partial charge in [0.25, 0.3) is 5.56 Å². The van der Waals surface area contributed by atoms with E-state index in [9.17, 15) is 19.8 Å². The van der Waals surface area contributed by atoms with Gasteiger partial charge < -0.3 is 29.3 Å². The first-order chi connectivity index (χ1) is 17.3. The minimum atomic E-state index is -1.88. The van der Waals surface area contributed by atoms with E-state index < -0.39 is 11.6 Å². The van der Waals surface area contributed by atoms with Gasteiger partial charge in [-0.15, -0.1) is 0 Å². The topological polar surface area (TPSA) is 108 Å². The Kier molecular flexibility index (Phi) is 5.40. The highest BCUT2D eigenvalue weighted by Gasteiger charge is 2.47. The minimum Gasteiger partial charge on any atom is -0.508 e. The molecule has 9 heteroatoms. The number of benzene rings is 1. The quantitative estimate of drug-likeness (QED) is 0.415. The molecule has 2 aromatic heterocycles. The lowest BCUT2D eigenvalue weighted by Crippen LogP contribution is -2.49. The number of carbonyl (C=O) groups is 1. The molecule has 1 saturated heterocycles. The second kappa shape index (κ2) is 8.40. The molecule has 0 amide bonds. The zero-order chi connectivity index (χ0) is 25.2. The predicted molar refractivity (Wildman–Crippen MR) is 134 cm³/mol. The fraction of sp³-hybridized carbons (Fsp3) is 0.444. The number of aliphatic hydroxyl groups is 1. The molecule has 1 atom stereocenters. The predicted octanol–water partition coefficient (Wildman–Crippen LogP) is 1.58. The Morgan fingerprint density at radius 3 is 2.64 bits per heavy atom. The third-order valence-corrected chi connectivity index (χ3v) is 8.02. The fourth-order valence-electron chi connectivity index (χ4n) is 5.85. The summed E-state index contributed by atoms with van der Waals surface area (Å²) in [5.74, 6) is -0.536. The van der Waals surface area contributed by atoms with Crippen molar-refractivity contribution in [2.24, 2.45) is 0 Å². The number of aromatic hydroxyl groups is 1. The number of esters is 1. The van der Waals surface area contributed by atoms with Crippen LogP contribution < -0.4 is 5.56 Å². The number of fused-ring (bicyclic) bond motifs is 5. The molecule has 3 aliphatic rings. The Morgan fingerprint density at radius 1 is 1.11 bits per heavy atom. The number of aryl methyl sites for hydroxylation is 1. The number of nitrogens with zero attached hydrogens (tertiary/aromatic N) is 4. The zero-order valence-corrected chi connectivity index (χ0v) is 20.6. The Labute approximate surface area is 208 Å². The highest BCUT2D eigenvalue weighted by atomic mass is 16.6. The zero-order valence-electron chi connectivity index (χ0n) is 20.6. The Bertz CT molecular complexity index is 1460. The molecule has 5 heterocycles. The molecular weight excluding hydrogens is 460 g/mol. The summed E-state index contributed by atoms with van der Waals surface area (Å²) in [5.41, 5.74) is 2.50. The molecule has 9 nitrogen and oxygen atoms in total. The number of phenols is 1. The molecule has 3 aromatic rings. The van der Waals surface area contributed by atoms with Gasteiger partial charge in [-0.25, -0.2) is 9.78 Å². The molecule has 0 unspecified atom stereocenters. The van der Waals surface area contributed by atoms with Crippen molar-refractivity contribution < 1.29 is 19.7 Å². The van der Waals surface area contributed by atoms with Crippen LogP contribution >= 0.6 is 0 Å². The van der Waals surface area contributed by atoms with Crippen molar-refractivity contribution in [1.29, 1.82) is 0 Å². The maximum Gasteiger partial charge on any atom is 0.343 e. The summed E-state index contributed by atoms with van der Waals surface area (Å²) in [7, 11) is 2.08. The van der Waals surface area contributed by atoms with Gasteiger partial charge in [0.2, 0.25) is 0 Å². The number of carbonyl (C=O) groups excluding carboxylic acids is 1. The molecule has 188 valence electrons. The van der Waals surface area contributed by atoms with Crippen LogP contribution in [0, 0.1) is 0 Å². The number of rotatable bonds is 4. The first-order valence-electron chi connectivity index (χ1n) is 12.5. The average molecular weight is 491 g/mol. The first kappa shape index (κ1) is 23.1. The molecular formula is C27H30N4O5. The monoisotopic (exact) mass is 490 g/mol. The van der Waals surface area contributed by atoms with Gasteiger partial charge in [-0.2, -0.15) is 0 Å². The van der Waals surface area contributed by atoms with Gasteiger partial charge in [-0.05, 0) is 43.3 Å². The van der Waals surface area contributed by atoms with Crippen LogP contribution in [0.15, 0.2) is 29.1 Å². The molecule has 3 aliphatic heterocycles. The maximum atomic E-state index is 13.6. The van der Waals surface area contributed by atoms with Crippen molar-refractivity contribution >= 4 is 16.9 Å². The Morgan fingerprint density at radius 2 is 1.89 bits per heavy atom. The molecule has 6 rings (SSSR count). The molecule has 0 bridgehead atoms. The Balaban J connectivity index is 1.45. The van der Waals surface area contributed by atoms with Crippen LogP contribution in [0.2, 0.25) is 0 Å². The SMILES string of the molecule is CCc1c2c(nc3ccc(O)cc13)-c1cc3c(c(=O)n1C2)COC(=O)[C@]3(O)CCN1CCN(C)CC1. The van der Waals surface area contributed by atoms with Crippen molar-refractivity contribution in [3.05, 3.63) is 56.9 Å². The number of pyridine rings is 2. The minimum absolute atomic E-state index is 0.148. The smallest absolute Gasteiger partial charge is 0.343 e. The van der Waals surface area contributed by atoms with Crippen LogP contribution in [0.1, 0.15) is 35.6 Å². The van der Waals surface area contributed by atoms with Crippen LogP contribution in [-0.4, -0.2) is 75.3 Å². The van der Waals surface area contributed by atoms with E-state index in [1.54, 1.807) is 28.8 Å². The molecule has 36 heavy (non-hydrogen) atoms. The second-order valence-corrected chi connectivity index (χ2v) is 10.1. The van der Waals surface area contributed by atoms with Crippen molar-refractivity contribution in [1.82, 2.24) is 19.4 Å². The van der Waals surface area contributed by atoms with E-state index in [4.69, 9.17) is 9.72 Å². The molecule has 0 radical (unpaired) electrons. The molecule has 0 saturated carbocycles. The standard InChI is InChI=1S/C27H30N4O5/c1-3-17-18-12-16(32)4-5-22(18)28-24-19(17)14-31-23(24)13-21-20(25(31)33)15-36-26(34)27(21,35)6-7-30-10-8-29(2)9-11-30/h4-5,12-13,32,35H,3,6-11,14-15H2,1-2H3/t27-/m0/s1. The summed E-state index contributed by atoms with van der Waals surface area (Å²) in [6.45, 7) is 6.36. The number of hydrogen-bond acceptors (Lipinski definition) is 8. The maximum absolute atomic E-state index is 13.6. The highest BCUT2D eigenvalue weighted by Crippen LogP contribution is 2.40. The summed E-state index contributed by atoms with van der Waals surface area (Å²) >= 11 is 0. The van der Waals surface area contributed by atoms with Gasteiger partial charge in [0.1, 0.15) is 12.4 Å². The van der Waals surface area contributed by atoms with Crippen molar-refractivity contribution in [3.63, 3.8) is 0 Å². The molecule has 0 aliphatic carbocycles. The van der Waals surface area contributed by atoms with Crippen molar-refractivity contribution in [3.8, 4) is 17.1 Å². The second-order valence-electron chi connectivity index (χ2n) is 10.1. The first-order valence-corrected chi connectivity index (χ1v) is 12.5. The number of cyclic esters (lactones) is 1. The lowest BCUT2D eigenvalue weighted by molar-refractivity contribution is -0.173. The van der Waals surface area contributed by atoms with Gasteiger partial charge >= 0.3 is 5.97 Å². The van der Waals surface area contributed by atoms with E-state index in [0.29, 0.717) is 42.0 Å². The normalized spacial score (nSPS) is 21.8. The molecule has 0 spiro atoms. The van der Waals surface area contributed by atoms with Gasteiger partial charge in [-0.3, -0.25) is 4.79 Å². The van der Waals surface area contributed by atoms with Crippen LogP contribution in [0.4, 0.5) is 0 Å². The highest BCUT2D eigenvalue weighted by molar-refractivity contribution is 5.89. The molecule has 2 N–H and O–H groups in total. The molecule has 1 fully saturated rings. The summed E-state index contributed by atoms with van der Waals surface area (Å²) in [5, 5.41) is 22.6. The van der Waals surface area contributed by atoms with Gasteiger partial charge in [0.15, 0.2) is 5.60 Å². The summed E-state index contributed by atoms with van der Waals surface area (Å²) in [6, 6.07) is 6.85. The number of likely N-dealkylation sites (N-methyl/N-ethyl adjacent to an activating group) is 1. The number of piperazine rings is 1. The van der Waals surface area contributed by atoms with E-state index in [2.05, 4.69) is 16.8 Å². The number of ether oxygens (including phenoxy) is 1. The van der Waals surface area contributed by atoms with Gasteiger partial charge in [0.05, 0.1) is 29.0 Å². The van der Waals surface area contributed by atoms with E-state index in [1.807, 2.05) is 6.92 Å². The third kappa shape index (κ3) is 3.45. The summed E-state index contributed by atoms with van der Waals surface area (Å²) in [4.78, 5) is 35.9. The fourth-order valence-corrected chi connectivity index (χ4v) is 5.85. The average Bonchev–Trinajstić information content (AvgIpc) is 3.23. The van der Waals surface area contributed by atoms with E-state index in [0.717, 1.165) is 48.2 Å². The largest absolute Gasteiger partial charge is 0.508 e. The number of aromatic nitrogens is 2. The van der Waals surface area contributed by atoms with E-state index >= 15 is 0 Å². The van der Waals surface area contributed by atoms with Gasteiger partial charge in [-0.1, -0.05) is 6.92 Å². The van der Waals surface area contributed by atoms with Crippen LogP contribution in [-0.2, 0) is 34.7 Å². The van der Waals surface area contributed by atoms with Crippen LogP contribution in [0.3, 0.4) is 0 Å². The number of hydrogen-bond donors (Lipinski definition) is 2. The van der Waals surface area contributed by atoms with Crippen LogP contribution in [0.25, 0.3) is 22.3 Å². The van der Waals surface area contributed by atoms with Crippen LogP contribution in [0.5, 0.6) is 5.75 Å². The third-order valence-electron chi connectivity index (χ3n) is 8.02. The number of phenolic OH excluding ortho intramolecular Hbond substituents is 1. The van der Waals surface area contributed by atoms with Crippen molar-refractivity contribution in [2.45, 2.75) is 38.5 Å². The Hall–Kier alpha value is -3.27. The molecule has 1 aromatic carbocycles. The summed E-state index contributed by atoms with van der Waals surface area (Å²) in [6.07, 6.45) is 0.868. The van der Waals surface area contributed by atoms with E-state index in [-0.39, 0.29) is 24.3 Å². The lowest BCUT2D eigenvalue weighted by atomic mass is 9.85. The van der Waals surface area contributed by atoms with E-state index in [1.165, 1.54) is 0 Å². The van der Waals surface area contributed by atoms with Gasteiger partial charge in [0, 0.05) is 55.7 Å². The lowest BCUT2D eigenvalue weighted by Gasteiger charge is -2.36.